The van der Waals surface area contributed by atoms with Gasteiger partial charge in [0.2, 0.25) is 0 Å². The lowest BCUT2D eigenvalue weighted by molar-refractivity contribution is 0.232. The summed E-state index contributed by atoms with van der Waals surface area (Å²) in [5, 5.41) is 21.5. The van der Waals surface area contributed by atoms with Gasteiger partial charge in [0.05, 0.1) is 11.3 Å². The van der Waals surface area contributed by atoms with Gasteiger partial charge < -0.3 is 10.4 Å². The molecule has 0 radical (unpaired) electrons. The van der Waals surface area contributed by atoms with E-state index in [0.29, 0.717) is 18.7 Å². The van der Waals surface area contributed by atoms with E-state index in [1.807, 2.05) is 24.3 Å². The van der Waals surface area contributed by atoms with E-state index in [1.54, 1.807) is 6.20 Å². The number of aliphatic hydroxyl groups excluding tert-OH is 1. The van der Waals surface area contributed by atoms with Crippen molar-refractivity contribution in [2.24, 2.45) is 5.92 Å². The second-order valence-corrected chi connectivity index (χ2v) is 4.76. The zero-order valence-corrected chi connectivity index (χ0v) is 11.5. The van der Waals surface area contributed by atoms with Crippen LogP contribution < -0.4 is 5.32 Å². The number of pyridine rings is 1. The van der Waals surface area contributed by atoms with E-state index in [-0.39, 0.29) is 18.1 Å². The average molecular weight is 285 g/mol. The lowest BCUT2D eigenvalue weighted by Crippen LogP contribution is -2.21. The van der Waals surface area contributed by atoms with Crippen LogP contribution in [-0.4, -0.2) is 23.2 Å². The Labute approximate surface area is 122 Å². The molecule has 0 saturated carbocycles. The van der Waals surface area contributed by atoms with Gasteiger partial charge in [-0.05, 0) is 36.8 Å². The third-order valence-electron chi connectivity index (χ3n) is 3.17. The summed E-state index contributed by atoms with van der Waals surface area (Å²) in [6.07, 6.45) is 2.35. The average Bonchev–Trinajstić information content (AvgIpc) is 2.53. The molecule has 0 aliphatic heterocycles. The Morgan fingerprint density at radius 3 is 2.86 bits per heavy atom. The first-order valence-corrected chi connectivity index (χ1v) is 6.67. The minimum atomic E-state index is -0.440. The monoisotopic (exact) mass is 285 g/mol. The van der Waals surface area contributed by atoms with Crippen molar-refractivity contribution in [2.45, 2.75) is 6.42 Å². The lowest BCUT2D eigenvalue weighted by atomic mass is 10.0. The van der Waals surface area contributed by atoms with E-state index in [2.05, 4.69) is 10.3 Å². The van der Waals surface area contributed by atoms with Gasteiger partial charge in [-0.1, -0.05) is 6.07 Å². The third-order valence-corrected chi connectivity index (χ3v) is 3.17. The Hall–Kier alpha value is -2.45. The maximum absolute atomic E-state index is 13.1. The van der Waals surface area contributed by atoms with Gasteiger partial charge in [-0.3, -0.25) is 4.98 Å². The molecule has 21 heavy (non-hydrogen) atoms. The fourth-order valence-corrected chi connectivity index (χ4v) is 2.03. The Morgan fingerprint density at radius 1 is 1.33 bits per heavy atom. The molecule has 108 valence electrons. The van der Waals surface area contributed by atoms with E-state index in [9.17, 15) is 9.50 Å². The first-order valence-electron chi connectivity index (χ1n) is 6.67. The van der Waals surface area contributed by atoms with Gasteiger partial charge in [0.15, 0.2) is 0 Å². The van der Waals surface area contributed by atoms with Crippen LogP contribution in [-0.2, 0) is 6.42 Å². The van der Waals surface area contributed by atoms with E-state index >= 15 is 0 Å². The van der Waals surface area contributed by atoms with Crippen molar-refractivity contribution in [1.82, 2.24) is 4.98 Å². The number of nitriles is 1. The molecule has 0 amide bonds. The van der Waals surface area contributed by atoms with Crippen LogP contribution in [0.4, 0.5) is 10.1 Å². The van der Waals surface area contributed by atoms with Gasteiger partial charge >= 0.3 is 0 Å². The Balaban J connectivity index is 1.99. The summed E-state index contributed by atoms with van der Waals surface area (Å²) < 4.78 is 13.1. The van der Waals surface area contributed by atoms with Gasteiger partial charge in [0, 0.05) is 31.0 Å². The number of aliphatic hydroxyl groups is 1. The molecule has 0 aliphatic rings. The number of hydrogen-bond acceptors (Lipinski definition) is 4. The molecule has 0 fully saturated rings. The molecule has 2 aromatic rings. The van der Waals surface area contributed by atoms with E-state index in [4.69, 9.17) is 5.26 Å². The number of nitrogens with one attached hydrogen (secondary N) is 1. The largest absolute Gasteiger partial charge is 0.396 e. The van der Waals surface area contributed by atoms with Crippen molar-refractivity contribution in [3.8, 4) is 6.07 Å². The predicted octanol–water partition coefficient (Wildman–Crippen LogP) is 2.36. The number of nitrogens with zero attached hydrogens (tertiary/aromatic N) is 2. The van der Waals surface area contributed by atoms with Gasteiger partial charge in [0.25, 0.3) is 0 Å². The summed E-state index contributed by atoms with van der Waals surface area (Å²) in [5.41, 5.74) is 1.72. The first-order chi connectivity index (χ1) is 10.2. The summed E-state index contributed by atoms with van der Waals surface area (Å²) in [6, 6.07) is 11.6. The van der Waals surface area contributed by atoms with Crippen LogP contribution in [0.5, 0.6) is 0 Å². The number of benzene rings is 1. The van der Waals surface area contributed by atoms with Crippen LogP contribution in [0.1, 0.15) is 11.3 Å². The van der Waals surface area contributed by atoms with Crippen molar-refractivity contribution < 1.29 is 9.50 Å². The number of halogens is 1. The zero-order valence-electron chi connectivity index (χ0n) is 11.5. The zero-order chi connectivity index (χ0) is 15.1. The van der Waals surface area contributed by atoms with Crippen LogP contribution >= 0.6 is 0 Å². The predicted molar refractivity (Wildman–Crippen MR) is 78.1 cm³/mol. The normalized spacial score (nSPS) is 11.7. The Morgan fingerprint density at radius 2 is 2.19 bits per heavy atom. The minimum Gasteiger partial charge on any atom is -0.396 e. The molecule has 1 aromatic heterocycles. The van der Waals surface area contributed by atoms with Crippen molar-refractivity contribution in [1.29, 1.82) is 5.26 Å². The quantitative estimate of drug-likeness (QED) is 0.855. The van der Waals surface area contributed by atoms with Crippen LogP contribution in [0, 0.1) is 23.1 Å². The number of anilines is 1. The standard InChI is InChI=1S/C16H16FN3O/c17-14-4-5-16(13(8-14)9-18)20-10-12(11-21)7-15-3-1-2-6-19-15/h1-6,8,12,20-21H,7,10-11H2. The molecule has 4 nitrogen and oxygen atoms in total. The summed E-state index contributed by atoms with van der Waals surface area (Å²) in [6.45, 7) is 0.486. The summed E-state index contributed by atoms with van der Waals surface area (Å²) in [5.74, 6) is -0.471. The van der Waals surface area contributed by atoms with Gasteiger partial charge in [-0.15, -0.1) is 0 Å². The number of rotatable bonds is 6. The highest BCUT2D eigenvalue weighted by Crippen LogP contribution is 2.17. The molecule has 0 bridgehead atoms. The third kappa shape index (κ3) is 4.26. The smallest absolute Gasteiger partial charge is 0.124 e. The molecule has 0 spiro atoms. The van der Waals surface area contributed by atoms with Crippen LogP contribution in [0.25, 0.3) is 0 Å². The van der Waals surface area contributed by atoms with Crippen LogP contribution in [0.2, 0.25) is 0 Å². The molecule has 1 unspecified atom stereocenters. The molecule has 5 heteroatoms. The second kappa shape index (κ2) is 7.36. The number of hydrogen-bond donors (Lipinski definition) is 2. The van der Waals surface area contributed by atoms with Crippen molar-refractivity contribution in [2.75, 3.05) is 18.5 Å². The molecule has 1 heterocycles. The maximum Gasteiger partial charge on any atom is 0.124 e. The lowest BCUT2D eigenvalue weighted by Gasteiger charge is -2.16. The fourth-order valence-electron chi connectivity index (χ4n) is 2.03. The van der Waals surface area contributed by atoms with Crippen LogP contribution in [0.3, 0.4) is 0 Å². The molecule has 2 N–H and O–H groups in total. The highest BCUT2D eigenvalue weighted by Gasteiger charge is 2.11. The molecular weight excluding hydrogens is 269 g/mol. The summed E-state index contributed by atoms with van der Waals surface area (Å²) in [7, 11) is 0. The first kappa shape index (κ1) is 14.9. The molecule has 2 rings (SSSR count). The molecule has 1 aromatic carbocycles. The highest BCUT2D eigenvalue weighted by molar-refractivity contribution is 5.57. The van der Waals surface area contributed by atoms with Crippen molar-refractivity contribution in [3.63, 3.8) is 0 Å². The highest BCUT2D eigenvalue weighted by atomic mass is 19.1. The maximum atomic E-state index is 13.1. The fraction of sp³-hybridized carbons (Fsp3) is 0.250. The summed E-state index contributed by atoms with van der Waals surface area (Å²) in [4.78, 5) is 4.23. The van der Waals surface area contributed by atoms with Crippen molar-refractivity contribution >= 4 is 5.69 Å². The SMILES string of the molecule is N#Cc1cc(F)ccc1NCC(CO)Cc1ccccn1. The topological polar surface area (TPSA) is 68.9 Å². The molecule has 0 aliphatic carbocycles. The second-order valence-electron chi connectivity index (χ2n) is 4.76. The number of aromatic nitrogens is 1. The van der Waals surface area contributed by atoms with E-state index in [0.717, 1.165) is 5.69 Å². The minimum absolute atomic E-state index is 0.00660. The molecule has 1 atom stereocenters. The van der Waals surface area contributed by atoms with Crippen LogP contribution in [0.15, 0.2) is 42.6 Å². The van der Waals surface area contributed by atoms with E-state index in [1.165, 1.54) is 18.2 Å². The van der Waals surface area contributed by atoms with Crippen molar-refractivity contribution in [3.05, 3.63) is 59.7 Å². The summed E-state index contributed by atoms with van der Waals surface area (Å²) >= 11 is 0. The molecule has 0 saturated heterocycles. The van der Waals surface area contributed by atoms with Gasteiger partial charge in [-0.25, -0.2) is 4.39 Å². The van der Waals surface area contributed by atoms with Gasteiger partial charge in [-0.2, -0.15) is 5.26 Å². The van der Waals surface area contributed by atoms with Gasteiger partial charge in [0.1, 0.15) is 11.9 Å². The molecular formula is C16H16FN3O. The Kier molecular flexibility index (Phi) is 5.24. The van der Waals surface area contributed by atoms with E-state index < -0.39 is 5.82 Å². The Bertz CT molecular complexity index is 625.